The van der Waals surface area contributed by atoms with Gasteiger partial charge < -0.3 is 25.2 Å². The van der Waals surface area contributed by atoms with Crippen LogP contribution in [0.15, 0.2) is 29.0 Å². The van der Waals surface area contributed by atoms with Crippen molar-refractivity contribution < 1.29 is 33.0 Å². The molecule has 1 aromatic rings. The van der Waals surface area contributed by atoms with Crippen molar-refractivity contribution in [2.45, 2.75) is 24.1 Å². The van der Waals surface area contributed by atoms with E-state index in [1.807, 2.05) is 0 Å². The number of methoxy groups -OCH3 is 1. The summed E-state index contributed by atoms with van der Waals surface area (Å²) in [5.74, 6) is 0.167. The first-order chi connectivity index (χ1) is 12.2. The standard InChI is InChI=1S/C13H18ClFN3O7P/c1-23-7-24-26(21,22)5-3-13(6-14)10(19)9(15)11(25-13)18-4-2-8(16)17-12(18)20/h2-5,9-11,19H,6-7H2,1H3,(H,21,22)(H2,16,17,20). The summed E-state index contributed by atoms with van der Waals surface area (Å²) in [4.78, 5) is 25.0. The first-order valence-electron chi connectivity index (χ1n) is 7.23. The number of nitrogens with zero attached hydrogens (tertiary/aromatic N) is 2. The second-order valence-corrected chi connectivity index (χ2v) is 7.40. The minimum atomic E-state index is -4.25. The van der Waals surface area contributed by atoms with Crippen molar-refractivity contribution in [2.75, 3.05) is 25.5 Å². The molecule has 0 aromatic carbocycles. The van der Waals surface area contributed by atoms with Crippen LogP contribution in [0.3, 0.4) is 0 Å². The Balaban J connectivity index is 2.32. The summed E-state index contributed by atoms with van der Waals surface area (Å²) in [5.41, 5.74) is 2.61. The Morgan fingerprint density at radius 1 is 1.65 bits per heavy atom. The number of ether oxygens (including phenoxy) is 2. The molecule has 0 spiro atoms. The molecule has 1 fully saturated rings. The normalized spacial score (nSPS) is 31.3. The smallest absolute Gasteiger partial charge is 0.353 e. The van der Waals surface area contributed by atoms with Crippen molar-refractivity contribution in [3.8, 4) is 0 Å². The molecule has 0 radical (unpaired) electrons. The lowest BCUT2D eigenvalue weighted by Crippen LogP contribution is -2.42. The van der Waals surface area contributed by atoms with Crippen LogP contribution in [-0.2, 0) is 18.6 Å². The third kappa shape index (κ3) is 4.32. The van der Waals surface area contributed by atoms with Gasteiger partial charge in [0.15, 0.2) is 19.2 Å². The van der Waals surface area contributed by atoms with Gasteiger partial charge in [0.2, 0.25) is 0 Å². The minimum absolute atomic E-state index is 0.0692. The molecule has 0 saturated carbocycles. The van der Waals surface area contributed by atoms with Gasteiger partial charge in [-0.1, -0.05) is 0 Å². The van der Waals surface area contributed by atoms with Gasteiger partial charge in [0, 0.05) is 19.1 Å². The lowest BCUT2D eigenvalue weighted by atomic mass is 9.98. The summed E-state index contributed by atoms with van der Waals surface area (Å²) in [7, 11) is -2.99. The van der Waals surface area contributed by atoms with Gasteiger partial charge in [-0.3, -0.25) is 13.7 Å². The lowest BCUT2D eigenvalue weighted by Gasteiger charge is -2.26. The highest BCUT2D eigenvalue weighted by Crippen LogP contribution is 2.47. The maximum Gasteiger partial charge on any atom is 0.353 e. The number of halogens is 2. The number of alkyl halides is 2. The highest BCUT2D eigenvalue weighted by atomic mass is 35.5. The van der Waals surface area contributed by atoms with Crippen LogP contribution < -0.4 is 11.4 Å². The zero-order valence-electron chi connectivity index (χ0n) is 13.6. The van der Waals surface area contributed by atoms with Crippen LogP contribution in [0.1, 0.15) is 6.23 Å². The molecule has 2 heterocycles. The van der Waals surface area contributed by atoms with Crippen LogP contribution in [-0.4, -0.2) is 57.2 Å². The molecule has 0 bridgehead atoms. The number of nitrogen functional groups attached to an aromatic ring is 1. The van der Waals surface area contributed by atoms with Crippen molar-refractivity contribution in [2.24, 2.45) is 0 Å². The van der Waals surface area contributed by atoms with E-state index < -0.39 is 50.1 Å². The highest BCUT2D eigenvalue weighted by Gasteiger charge is 2.54. The monoisotopic (exact) mass is 413 g/mol. The number of anilines is 1. The van der Waals surface area contributed by atoms with Crippen molar-refractivity contribution in [3.63, 3.8) is 0 Å². The fraction of sp³-hybridized carbons (Fsp3) is 0.538. The van der Waals surface area contributed by atoms with Crippen LogP contribution in [0, 0.1) is 0 Å². The Morgan fingerprint density at radius 2 is 2.35 bits per heavy atom. The minimum Gasteiger partial charge on any atom is -0.386 e. The van der Waals surface area contributed by atoms with Gasteiger partial charge in [-0.25, -0.2) is 9.18 Å². The Morgan fingerprint density at radius 3 is 2.92 bits per heavy atom. The Labute approximate surface area is 152 Å². The quantitative estimate of drug-likeness (QED) is 0.327. The van der Waals surface area contributed by atoms with Crippen LogP contribution in [0.25, 0.3) is 0 Å². The zero-order chi connectivity index (χ0) is 19.5. The highest BCUT2D eigenvalue weighted by molar-refractivity contribution is 7.56. The molecule has 2 rings (SSSR count). The second-order valence-electron chi connectivity index (χ2n) is 5.44. The molecule has 1 aromatic heterocycles. The van der Waals surface area contributed by atoms with E-state index in [4.69, 9.17) is 22.1 Å². The second kappa shape index (κ2) is 8.13. The van der Waals surface area contributed by atoms with Gasteiger partial charge in [-0.05, 0) is 12.1 Å². The van der Waals surface area contributed by atoms with Gasteiger partial charge in [-0.15, -0.1) is 11.6 Å². The average Bonchev–Trinajstić information content (AvgIpc) is 2.84. The first-order valence-corrected chi connectivity index (χ1v) is 9.41. The summed E-state index contributed by atoms with van der Waals surface area (Å²) < 4.78 is 41.8. The first kappa shape index (κ1) is 21.0. The number of hydrogen-bond donors (Lipinski definition) is 3. The Bertz CT molecular complexity index is 778. The third-order valence-electron chi connectivity index (χ3n) is 3.65. The third-order valence-corrected chi connectivity index (χ3v) is 5.07. The van der Waals surface area contributed by atoms with Gasteiger partial charge in [0.1, 0.15) is 17.5 Å². The Kier molecular flexibility index (Phi) is 6.56. The molecule has 26 heavy (non-hydrogen) atoms. The number of rotatable bonds is 7. The predicted octanol–water partition coefficient (Wildman–Crippen LogP) is 0.350. The maximum atomic E-state index is 14.6. The molecule has 0 aliphatic carbocycles. The molecule has 4 N–H and O–H groups in total. The molecular formula is C13H18ClFN3O7P. The van der Waals surface area contributed by atoms with Crippen molar-refractivity contribution in [3.05, 3.63) is 34.6 Å². The predicted molar refractivity (Wildman–Crippen MR) is 89.3 cm³/mol. The summed E-state index contributed by atoms with van der Waals surface area (Å²) >= 11 is 5.81. The number of hydrogen-bond acceptors (Lipinski definition) is 8. The molecule has 1 saturated heterocycles. The van der Waals surface area contributed by atoms with Gasteiger partial charge in [0.05, 0.1) is 5.88 Å². The van der Waals surface area contributed by atoms with E-state index >= 15 is 0 Å². The molecule has 1 aliphatic heterocycles. The van der Waals surface area contributed by atoms with Crippen molar-refractivity contribution >= 4 is 25.0 Å². The van der Waals surface area contributed by atoms with E-state index in [9.17, 15) is 23.7 Å². The molecule has 0 amide bonds. The average molecular weight is 414 g/mol. The van der Waals surface area contributed by atoms with E-state index in [0.29, 0.717) is 5.82 Å². The summed E-state index contributed by atoms with van der Waals surface area (Å²) in [6, 6.07) is 1.25. The molecule has 13 heteroatoms. The lowest BCUT2D eigenvalue weighted by molar-refractivity contribution is -0.0608. The number of aromatic nitrogens is 2. The fourth-order valence-electron chi connectivity index (χ4n) is 2.30. The largest absolute Gasteiger partial charge is 0.386 e. The number of aliphatic hydroxyl groups is 1. The van der Waals surface area contributed by atoms with E-state index in [2.05, 4.69) is 14.2 Å². The van der Waals surface area contributed by atoms with E-state index in [1.165, 1.54) is 13.2 Å². The molecule has 5 atom stereocenters. The van der Waals surface area contributed by atoms with Crippen molar-refractivity contribution in [1.29, 1.82) is 0 Å². The van der Waals surface area contributed by atoms with Crippen LogP contribution in [0.4, 0.5) is 10.2 Å². The SMILES string of the molecule is COCOP(=O)(O)C=CC1(CCl)OC(n2ccc(N)nc2=O)C(F)C1O. The van der Waals surface area contributed by atoms with Crippen LogP contribution in [0.2, 0.25) is 0 Å². The topological polar surface area (TPSA) is 146 Å². The van der Waals surface area contributed by atoms with E-state index in [0.717, 1.165) is 16.8 Å². The molecule has 10 nitrogen and oxygen atoms in total. The maximum absolute atomic E-state index is 14.6. The van der Waals surface area contributed by atoms with Crippen LogP contribution in [0.5, 0.6) is 0 Å². The molecule has 5 unspecified atom stereocenters. The zero-order valence-corrected chi connectivity index (χ0v) is 15.2. The van der Waals surface area contributed by atoms with E-state index in [1.54, 1.807) is 0 Å². The summed E-state index contributed by atoms with van der Waals surface area (Å²) in [5, 5.41) is 10.2. The van der Waals surface area contributed by atoms with E-state index in [-0.39, 0.29) is 5.82 Å². The van der Waals surface area contributed by atoms with Gasteiger partial charge in [-0.2, -0.15) is 4.98 Å². The number of nitrogens with two attached hydrogens (primary N) is 1. The van der Waals surface area contributed by atoms with Gasteiger partial charge >= 0.3 is 13.3 Å². The molecule has 1 aliphatic rings. The Hall–Kier alpha value is -1.33. The van der Waals surface area contributed by atoms with Crippen molar-refractivity contribution in [1.82, 2.24) is 9.55 Å². The van der Waals surface area contributed by atoms with Gasteiger partial charge in [0.25, 0.3) is 0 Å². The molecule has 146 valence electrons. The summed E-state index contributed by atoms with van der Waals surface area (Å²) in [6.45, 7) is -0.462. The molecular weight excluding hydrogens is 396 g/mol. The number of aliphatic hydroxyl groups excluding tert-OH is 1. The summed E-state index contributed by atoms with van der Waals surface area (Å²) in [6.07, 6.45) is -3.37. The fourth-order valence-corrected chi connectivity index (χ4v) is 3.39. The van der Waals surface area contributed by atoms with Crippen LogP contribution >= 0.6 is 19.2 Å².